The van der Waals surface area contributed by atoms with Gasteiger partial charge in [0.05, 0.1) is 7.11 Å². The average molecular weight is 435 g/mol. The molecule has 0 bridgehead atoms. The van der Waals surface area contributed by atoms with Crippen molar-refractivity contribution in [2.45, 2.75) is 32.9 Å². The van der Waals surface area contributed by atoms with Crippen molar-refractivity contribution in [2.24, 2.45) is 4.99 Å². The number of hydrogen-bond acceptors (Lipinski definition) is 4. The number of benzene rings is 1. The lowest BCUT2D eigenvalue weighted by molar-refractivity contribution is -0.153. The van der Waals surface area contributed by atoms with E-state index in [0.717, 1.165) is 11.3 Å². The molecule has 23 heavy (non-hydrogen) atoms. The first kappa shape index (κ1) is 21.5. The van der Waals surface area contributed by atoms with Gasteiger partial charge >= 0.3 is 5.97 Å². The summed E-state index contributed by atoms with van der Waals surface area (Å²) >= 11 is 0. The molecular formula is C16H26IN3O3. The molecule has 0 aliphatic carbocycles. The number of ether oxygens (including phenoxy) is 2. The van der Waals surface area contributed by atoms with Crippen molar-refractivity contribution in [1.82, 2.24) is 10.6 Å². The molecule has 0 heterocycles. The number of para-hydroxylation sites is 1. The van der Waals surface area contributed by atoms with Crippen molar-refractivity contribution in [3.8, 4) is 5.75 Å². The summed E-state index contributed by atoms with van der Waals surface area (Å²) in [5.74, 6) is 1.00. The van der Waals surface area contributed by atoms with E-state index in [9.17, 15) is 4.79 Å². The normalized spacial score (nSPS) is 11.3. The third-order valence-electron chi connectivity index (χ3n) is 2.68. The van der Waals surface area contributed by atoms with Gasteiger partial charge in [-0.1, -0.05) is 18.2 Å². The largest absolute Gasteiger partial charge is 0.496 e. The van der Waals surface area contributed by atoms with Gasteiger partial charge in [-0.2, -0.15) is 0 Å². The van der Waals surface area contributed by atoms with Gasteiger partial charge in [0.25, 0.3) is 0 Å². The molecule has 1 rings (SSSR count). The number of hydrogen-bond donors (Lipinski definition) is 2. The zero-order chi connectivity index (χ0) is 16.6. The van der Waals surface area contributed by atoms with Crippen LogP contribution in [-0.4, -0.2) is 38.2 Å². The van der Waals surface area contributed by atoms with E-state index in [4.69, 9.17) is 9.47 Å². The van der Waals surface area contributed by atoms with Crippen molar-refractivity contribution in [2.75, 3.05) is 20.7 Å². The molecule has 0 aliphatic rings. The molecule has 1 aromatic carbocycles. The first-order chi connectivity index (χ1) is 10.4. The van der Waals surface area contributed by atoms with Crippen LogP contribution >= 0.6 is 24.0 Å². The third kappa shape index (κ3) is 8.63. The number of nitrogens with one attached hydrogen (secondary N) is 2. The lowest BCUT2D eigenvalue weighted by atomic mass is 10.2. The fourth-order valence-electron chi connectivity index (χ4n) is 1.78. The van der Waals surface area contributed by atoms with Gasteiger partial charge in [0.1, 0.15) is 17.9 Å². The highest BCUT2D eigenvalue weighted by Gasteiger charge is 2.16. The van der Waals surface area contributed by atoms with Crippen LogP contribution in [0.2, 0.25) is 0 Å². The van der Waals surface area contributed by atoms with Crippen molar-refractivity contribution >= 4 is 35.9 Å². The van der Waals surface area contributed by atoms with E-state index in [1.54, 1.807) is 14.2 Å². The molecule has 0 aromatic heterocycles. The molecule has 0 atom stereocenters. The van der Waals surface area contributed by atoms with Gasteiger partial charge in [-0.05, 0) is 26.8 Å². The fourth-order valence-corrected chi connectivity index (χ4v) is 1.78. The molecule has 0 aliphatic heterocycles. The Labute approximate surface area is 155 Å². The molecule has 0 saturated heterocycles. The van der Waals surface area contributed by atoms with Crippen LogP contribution < -0.4 is 15.4 Å². The molecule has 0 unspecified atom stereocenters. The zero-order valence-electron chi connectivity index (χ0n) is 14.3. The minimum Gasteiger partial charge on any atom is -0.496 e. The molecule has 130 valence electrons. The smallest absolute Gasteiger partial charge is 0.325 e. The van der Waals surface area contributed by atoms with Crippen molar-refractivity contribution in [1.29, 1.82) is 0 Å². The summed E-state index contributed by atoms with van der Waals surface area (Å²) in [6.45, 7) is 6.10. The Bertz CT molecular complexity index is 528. The zero-order valence-corrected chi connectivity index (χ0v) is 16.6. The lowest BCUT2D eigenvalue weighted by Crippen LogP contribution is -2.41. The maximum absolute atomic E-state index is 11.7. The second-order valence-electron chi connectivity index (χ2n) is 5.68. The van der Waals surface area contributed by atoms with E-state index in [-0.39, 0.29) is 36.5 Å². The third-order valence-corrected chi connectivity index (χ3v) is 2.68. The Kier molecular flexibility index (Phi) is 9.62. The molecule has 1 aromatic rings. The monoisotopic (exact) mass is 435 g/mol. The summed E-state index contributed by atoms with van der Waals surface area (Å²) in [4.78, 5) is 15.7. The SMILES string of the molecule is CN=C(NCC(=O)OC(C)(C)C)NCc1ccccc1OC.I. The molecule has 0 saturated carbocycles. The fraction of sp³-hybridized carbons (Fsp3) is 0.500. The van der Waals surface area contributed by atoms with Gasteiger partial charge in [0, 0.05) is 19.2 Å². The van der Waals surface area contributed by atoms with Gasteiger partial charge in [-0.3, -0.25) is 9.79 Å². The summed E-state index contributed by atoms with van der Waals surface area (Å²) < 4.78 is 10.5. The van der Waals surface area contributed by atoms with Gasteiger partial charge in [-0.25, -0.2) is 0 Å². The van der Waals surface area contributed by atoms with Crippen LogP contribution in [0.3, 0.4) is 0 Å². The van der Waals surface area contributed by atoms with Gasteiger partial charge in [-0.15, -0.1) is 24.0 Å². The van der Waals surface area contributed by atoms with Crippen LogP contribution in [0.5, 0.6) is 5.75 Å². The summed E-state index contributed by atoms with van der Waals surface area (Å²) in [5, 5.41) is 6.05. The second kappa shape index (κ2) is 10.3. The topological polar surface area (TPSA) is 72.0 Å². The Hall–Kier alpha value is -1.51. The summed E-state index contributed by atoms with van der Waals surface area (Å²) in [6.07, 6.45) is 0. The predicted octanol–water partition coefficient (Wildman–Crippen LogP) is 2.32. The number of nitrogens with zero attached hydrogens (tertiary/aromatic N) is 1. The Balaban J connectivity index is 0.00000484. The van der Waals surface area contributed by atoms with Crippen LogP contribution in [0.1, 0.15) is 26.3 Å². The van der Waals surface area contributed by atoms with Crippen molar-refractivity contribution in [3.05, 3.63) is 29.8 Å². The molecule has 0 fully saturated rings. The number of carbonyl (C=O) groups is 1. The maximum atomic E-state index is 11.7. The molecule has 6 nitrogen and oxygen atoms in total. The number of rotatable bonds is 5. The van der Waals surface area contributed by atoms with Crippen LogP contribution in [0, 0.1) is 0 Å². The first-order valence-corrected chi connectivity index (χ1v) is 7.14. The van der Waals surface area contributed by atoms with Crippen molar-refractivity contribution in [3.63, 3.8) is 0 Å². The van der Waals surface area contributed by atoms with Gasteiger partial charge in [0.15, 0.2) is 5.96 Å². The molecule has 7 heteroatoms. The molecule has 0 amide bonds. The Morgan fingerprint density at radius 2 is 1.87 bits per heavy atom. The van der Waals surface area contributed by atoms with E-state index in [0.29, 0.717) is 12.5 Å². The minimum absolute atomic E-state index is 0. The standard InChI is InChI=1S/C16H25N3O3.HI/c1-16(2,3)22-14(20)11-19-15(17-4)18-10-12-8-6-7-9-13(12)21-5;/h6-9H,10-11H2,1-5H3,(H2,17,18,19);1H. The highest BCUT2D eigenvalue weighted by Crippen LogP contribution is 2.16. The molecule has 0 radical (unpaired) electrons. The maximum Gasteiger partial charge on any atom is 0.325 e. The van der Waals surface area contributed by atoms with Crippen molar-refractivity contribution < 1.29 is 14.3 Å². The number of halogens is 1. The molecule has 2 N–H and O–H groups in total. The highest BCUT2D eigenvalue weighted by molar-refractivity contribution is 14.0. The van der Waals surface area contributed by atoms with E-state index < -0.39 is 5.60 Å². The molecule has 0 spiro atoms. The summed E-state index contributed by atoms with van der Waals surface area (Å²) in [6, 6.07) is 7.72. The number of methoxy groups -OCH3 is 1. The highest BCUT2D eigenvalue weighted by atomic mass is 127. The van der Waals surface area contributed by atoms with Gasteiger partial charge < -0.3 is 20.1 Å². The van der Waals surface area contributed by atoms with Crippen LogP contribution in [0.4, 0.5) is 0 Å². The predicted molar refractivity (Wildman–Crippen MR) is 102 cm³/mol. The second-order valence-corrected chi connectivity index (χ2v) is 5.68. The average Bonchev–Trinajstić information content (AvgIpc) is 2.46. The van der Waals surface area contributed by atoms with E-state index in [1.165, 1.54) is 0 Å². The number of guanidine groups is 1. The van der Waals surface area contributed by atoms with Crippen LogP contribution in [-0.2, 0) is 16.1 Å². The number of carbonyl (C=O) groups excluding carboxylic acids is 1. The number of aliphatic imine (C=N–C) groups is 1. The quantitative estimate of drug-likeness (QED) is 0.322. The van der Waals surface area contributed by atoms with E-state index >= 15 is 0 Å². The van der Waals surface area contributed by atoms with Gasteiger partial charge in [0.2, 0.25) is 0 Å². The minimum atomic E-state index is -0.493. The summed E-state index contributed by atoms with van der Waals surface area (Å²) in [7, 11) is 3.28. The van der Waals surface area contributed by atoms with E-state index in [1.807, 2.05) is 45.0 Å². The number of esters is 1. The summed E-state index contributed by atoms with van der Waals surface area (Å²) in [5.41, 5.74) is 0.512. The molecular weight excluding hydrogens is 409 g/mol. The van der Waals surface area contributed by atoms with Crippen LogP contribution in [0.15, 0.2) is 29.3 Å². The lowest BCUT2D eigenvalue weighted by Gasteiger charge is -2.20. The van der Waals surface area contributed by atoms with E-state index in [2.05, 4.69) is 15.6 Å². The van der Waals surface area contributed by atoms with Crippen LogP contribution in [0.25, 0.3) is 0 Å². The first-order valence-electron chi connectivity index (χ1n) is 7.14. The Morgan fingerprint density at radius 1 is 1.22 bits per heavy atom. The Morgan fingerprint density at radius 3 is 2.43 bits per heavy atom.